The molecule has 4 rings (SSSR count). The topological polar surface area (TPSA) is 195 Å². The molecule has 2 aromatic carbocycles. The maximum Gasteiger partial charge on any atom is 0.408 e. The van der Waals surface area contributed by atoms with Crippen molar-refractivity contribution in [3.05, 3.63) is 58.1 Å². The summed E-state index contributed by atoms with van der Waals surface area (Å²) in [5.41, 5.74) is 14.6. The molecule has 13 heteroatoms. The minimum Gasteiger partial charge on any atom is -0.487 e. The van der Waals surface area contributed by atoms with Crippen LogP contribution in [0.3, 0.4) is 0 Å². The molecule has 1 amide bonds. The van der Waals surface area contributed by atoms with E-state index in [1.807, 2.05) is 26.8 Å². The third kappa shape index (κ3) is 10.3. The van der Waals surface area contributed by atoms with Gasteiger partial charge in [-0.1, -0.05) is 49.6 Å². The number of benzene rings is 2. The summed E-state index contributed by atoms with van der Waals surface area (Å²) < 4.78 is 40.0. The number of guanidine groups is 1. The number of rotatable bonds is 10. The molecule has 254 valence electrons. The number of hydrogen-bond acceptors (Lipinski definition) is 8. The summed E-state index contributed by atoms with van der Waals surface area (Å²) in [7, 11) is -4.04. The minimum absolute atomic E-state index is 0.00740. The van der Waals surface area contributed by atoms with E-state index in [-0.39, 0.29) is 36.8 Å². The van der Waals surface area contributed by atoms with Crippen LogP contribution in [0.25, 0.3) is 0 Å². The standard InChI is InChI=1S/C27H36N4O7S.C6H13N/c1-16-17(2)23(18(3)20-14-27(4,5)38-22(16)20)39(35,36)31-25(28)29-13-9-12-21(24(32)33)30-26(34)37-15-19-10-7-6-8-11-19;7-6-4-2-1-3-5-6/h6-8,10-11,21H,9,12-15H2,1-5H3,(H,30,34)(H,32,33)(H3,28,29,31);6H,1-5,7H2/t21-;/m1./s1. The first-order valence-corrected chi connectivity index (χ1v) is 17.2. The van der Waals surface area contributed by atoms with Crippen LogP contribution in [0.4, 0.5) is 4.79 Å². The Kier molecular flexibility index (Phi) is 12.8. The second-order valence-corrected chi connectivity index (χ2v) is 14.2. The smallest absolute Gasteiger partial charge is 0.408 e. The summed E-state index contributed by atoms with van der Waals surface area (Å²) in [5.74, 6) is -0.818. The number of carbonyl (C=O) groups excluding carboxylic acids is 1. The zero-order chi connectivity index (χ0) is 34.1. The fourth-order valence-electron chi connectivity index (χ4n) is 5.66. The number of hydrogen-bond donors (Lipinski definition) is 5. The number of amides is 1. The molecular weight excluding hydrogens is 610 g/mol. The van der Waals surface area contributed by atoms with Crippen molar-refractivity contribution < 1.29 is 32.6 Å². The number of carbonyl (C=O) groups is 2. The van der Waals surface area contributed by atoms with Crippen molar-refractivity contribution in [2.75, 3.05) is 6.54 Å². The van der Waals surface area contributed by atoms with Gasteiger partial charge in [0.1, 0.15) is 24.0 Å². The average molecular weight is 660 g/mol. The number of aliphatic imine (C=N–C) groups is 1. The monoisotopic (exact) mass is 659 g/mol. The van der Waals surface area contributed by atoms with Gasteiger partial charge in [-0.2, -0.15) is 0 Å². The number of nitrogens with one attached hydrogen (secondary N) is 2. The Morgan fingerprint density at radius 1 is 1.09 bits per heavy atom. The molecule has 1 heterocycles. The predicted octanol–water partition coefficient (Wildman–Crippen LogP) is 4.36. The van der Waals surface area contributed by atoms with Crippen LogP contribution in [0.15, 0.2) is 40.2 Å². The summed E-state index contributed by atoms with van der Waals surface area (Å²) in [4.78, 5) is 27.8. The summed E-state index contributed by atoms with van der Waals surface area (Å²) >= 11 is 0. The van der Waals surface area contributed by atoms with E-state index in [2.05, 4.69) is 15.0 Å². The van der Waals surface area contributed by atoms with Gasteiger partial charge in [0.15, 0.2) is 0 Å². The van der Waals surface area contributed by atoms with Crippen LogP contribution in [0, 0.1) is 20.8 Å². The fourth-order valence-corrected chi connectivity index (χ4v) is 7.19. The Hall–Kier alpha value is -3.84. The Bertz CT molecular complexity index is 1500. The summed E-state index contributed by atoms with van der Waals surface area (Å²) in [6, 6.07) is 8.32. The van der Waals surface area contributed by atoms with E-state index in [0.717, 1.165) is 22.4 Å². The minimum atomic E-state index is -4.04. The van der Waals surface area contributed by atoms with Crippen molar-refractivity contribution in [2.45, 2.75) is 115 Å². The molecule has 7 N–H and O–H groups in total. The zero-order valence-corrected chi connectivity index (χ0v) is 28.3. The molecule has 0 radical (unpaired) electrons. The first kappa shape index (κ1) is 36.6. The highest BCUT2D eigenvalue weighted by atomic mass is 32.2. The number of alkyl carbamates (subject to hydrolysis) is 1. The number of carboxylic acids is 1. The van der Waals surface area contributed by atoms with Crippen LogP contribution in [-0.2, 0) is 32.6 Å². The fraction of sp³-hybridized carbons (Fsp3) is 0.545. The van der Waals surface area contributed by atoms with E-state index in [1.54, 1.807) is 38.1 Å². The van der Waals surface area contributed by atoms with E-state index in [0.29, 0.717) is 23.6 Å². The molecular formula is C33H49N5O7S. The van der Waals surface area contributed by atoms with Gasteiger partial charge >= 0.3 is 12.1 Å². The zero-order valence-electron chi connectivity index (χ0n) is 27.5. The van der Waals surface area contributed by atoms with Gasteiger partial charge in [-0.05, 0) is 82.6 Å². The molecule has 0 saturated heterocycles. The number of nitrogens with zero attached hydrogens (tertiary/aromatic N) is 1. The molecule has 1 aliphatic carbocycles. The highest BCUT2D eigenvalue weighted by Crippen LogP contribution is 2.43. The molecule has 2 aromatic rings. The quantitative estimate of drug-likeness (QED) is 0.140. The second-order valence-electron chi connectivity index (χ2n) is 12.6. The van der Waals surface area contributed by atoms with Crippen molar-refractivity contribution in [3.63, 3.8) is 0 Å². The summed E-state index contributed by atoms with van der Waals surface area (Å²) in [6.07, 6.45) is 6.65. The van der Waals surface area contributed by atoms with Crippen molar-refractivity contribution in [1.82, 2.24) is 10.0 Å². The molecule has 12 nitrogen and oxygen atoms in total. The Balaban J connectivity index is 0.000000724. The number of ether oxygens (including phenoxy) is 2. The van der Waals surface area contributed by atoms with Crippen LogP contribution >= 0.6 is 0 Å². The van der Waals surface area contributed by atoms with Crippen LogP contribution in [0.5, 0.6) is 5.75 Å². The lowest BCUT2D eigenvalue weighted by molar-refractivity contribution is -0.139. The highest BCUT2D eigenvalue weighted by molar-refractivity contribution is 7.90. The molecule has 0 unspecified atom stereocenters. The van der Waals surface area contributed by atoms with Crippen LogP contribution < -0.4 is 26.2 Å². The van der Waals surface area contributed by atoms with Gasteiger partial charge in [0.25, 0.3) is 10.0 Å². The molecule has 2 aliphatic rings. The number of aliphatic carboxylic acids is 1. The Morgan fingerprint density at radius 3 is 2.33 bits per heavy atom. The molecule has 1 atom stereocenters. The van der Waals surface area contributed by atoms with Gasteiger partial charge in [0.2, 0.25) is 5.96 Å². The van der Waals surface area contributed by atoms with E-state index in [4.69, 9.17) is 20.9 Å². The van der Waals surface area contributed by atoms with Gasteiger partial charge in [-0.25, -0.2) is 22.7 Å². The lowest BCUT2D eigenvalue weighted by atomic mass is 9.94. The van der Waals surface area contributed by atoms with Crippen molar-refractivity contribution in [3.8, 4) is 5.75 Å². The molecule has 0 aromatic heterocycles. The molecule has 1 saturated carbocycles. The van der Waals surface area contributed by atoms with Crippen molar-refractivity contribution in [2.24, 2.45) is 16.5 Å². The molecule has 1 fully saturated rings. The first-order valence-electron chi connectivity index (χ1n) is 15.7. The molecule has 1 aliphatic heterocycles. The van der Waals surface area contributed by atoms with Crippen molar-refractivity contribution >= 4 is 28.0 Å². The van der Waals surface area contributed by atoms with E-state index in [9.17, 15) is 23.1 Å². The van der Waals surface area contributed by atoms with Crippen LogP contribution in [0.1, 0.15) is 86.6 Å². The number of nitrogens with two attached hydrogens (primary N) is 2. The van der Waals surface area contributed by atoms with Gasteiger partial charge in [-0.3, -0.25) is 4.99 Å². The van der Waals surface area contributed by atoms with E-state index < -0.39 is 33.7 Å². The van der Waals surface area contributed by atoms with Crippen molar-refractivity contribution in [1.29, 1.82) is 0 Å². The largest absolute Gasteiger partial charge is 0.487 e. The van der Waals surface area contributed by atoms with Gasteiger partial charge in [-0.15, -0.1) is 0 Å². The number of fused-ring (bicyclic) bond motifs is 1. The SMILES string of the molecule is Cc1c(C)c(S(=O)(=O)NC(N)=NCCC[C@@H](NC(=O)OCc2ccccc2)C(=O)O)c(C)c2c1OC(C)(C)C2.NC1CCCCC1. The molecule has 0 bridgehead atoms. The van der Waals surface area contributed by atoms with E-state index >= 15 is 0 Å². The van der Waals surface area contributed by atoms with Gasteiger partial charge in [0, 0.05) is 24.6 Å². The van der Waals surface area contributed by atoms with Gasteiger partial charge in [0.05, 0.1) is 4.90 Å². The second kappa shape index (κ2) is 16.1. The molecule has 46 heavy (non-hydrogen) atoms. The number of carboxylic acid groups (broad SMARTS) is 1. The lowest BCUT2D eigenvalue weighted by Crippen LogP contribution is -2.41. The lowest BCUT2D eigenvalue weighted by Gasteiger charge is -2.19. The third-order valence-electron chi connectivity index (χ3n) is 8.19. The van der Waals surface area contributed by atoms with Crippen LogP contribution in [0.2, 0.25) is 0 Å². The average Bonchev–Trinajstić information content (AvgIpc) is 3.33. The Labute approximate surface area is 272 Å². The first-order chi connectivity index (χ1) is 21.6. The highest BCUT2D eigenvalue weighted by Gasteiger charge is 2.36. The van der Waals surface area contributed by atoms with Gasteiger partial charge < -0.3 is 31.4 Å². The number of sulfonamides is 1. The summed E-state index contributed by atoms with van der Waals surface area (Å²) in [5, 5.41) is 11.8. The van der Waals surface area contributed by atoms with Crippen LogP contribution in [-0.4, -0.2) is 55.8 Å². The maximum atomic E-state index is 13.3. The Morgan fingerprint density at radius 2 is 1.74 bits per heavy atom. The predicted molar refractivity (Wildman–Crippen MR) is 177 cm³/mol. The summed E-state index contributed by atoms with van der Waals surface area (Å²) in [6.45, 7) is 9.27. The molecule has 0 spiro atoms. The van der Waals surface area contributed by atoms with E-state index in [1.165, 1.54) is 32.1 Å². The maximum absolute atomic E-state index is 13.3. The third-order valence-corrected chi connectivity index (χ3v) is 9.81. The normalized spacial score (nSPS) is 16.7.